The molecule has 2 aromatic rings. The van der Waals surface area contributed by atoms with Gasteiger partial charge in [0.1, 0.15) is 0 Å². The number of rotatable bonds is 3. The Morgan fingerprint density at radius 3 is 2.45 bits per heavy atom. The van der Waals surface area contributed by atoms with Crippen molar-refractivity contribution in [2.24, 2.45) is 5.14 Å². The molecule has 106 valence electrons. The van der Waals surface area contributed by atoms with Crippen molar-refractivity contribution in [3.05, 3.63) is 46.1 Å². The van der Waals surface area contributed by atoms with Crippen LogP contribution in [-0.4, -0.2) is 14.3 Å². The minimum atomic E-state index is -3.99. The molecule has 0 aliphatic carbocycles. The number of hydrogen-bond acceptors (Lipinski definition) is 4. The first-order valence-electron chi connectivity index (χ1n) is 5.16. The van der Waals surface area contributed by atoms with Gasteiger partial charge in [0.2, 0.25) is 5.09 Å². The highest BCUT2D eigenvalue weighted by atomic mass is 35.5. The lowest BCUT2D eigenvalue weighted by molar-refractivity contribution is 0.0991. The third kappa shape index (κ3) is 3.31. The van der Waals surface area contributed by atoms with Gasteiger partial charge in [-0.15, -0.1) is 0 Å². The monoisotopic (exact) mass is 334 g/mol. The fourth-order valence-electron chi connectivity index (χ4n) is 1.37. The number of hydrogen-bond donors (Lipinski definition) is 2. The van der Waals surface area contributed by atoms with E-state index in [9.17, 15) is 13.2 Å². The highest BCUT2D eigenvalue weighted by molar-refractivity contribution is 7.89. The van der Waals surface area contributed by atoms with Crippen LogP contribution in [0, 0.1) is 0 Å². The predicted octanol–water partition coefficient (Wildman–Crippen LogP) is 2.49. The molecule has 2 rings (SSSR count). The normalized spacial score (nSPS) is 11.3. The van der Waals surface area contributed by atoms with Crippen molar-refractivity contribution in [2.45, 2.75) is 5.09 Å². The summed E-state index contributed by atoms with van der Waals surface area (Å²) in [5, 5.41) is 7.50. The minimum Gasteiger partial charge on any atom is -0.438 e. The van der Waals surface area contributed by atoms with E-state index in [4.69, 9.17) is 32.8 Å². The van der Waals surface area contributed by atoms with Crippen molar-refractivity contribution in [2.75, 3.05) is 5.32 Å². The molecule has 1 amide bonds. The van der Waals surface area contributed by atoms with Gasteiger partial charge in [-0.05, 0) is 30.3 Å². The Hall–Kier alpha value is -1.54. The van der Waals surface area contributed by atoms with Gasteiger partial charge in [-0.2, -0.15) is 0 Å². The summed E-state index contributed by atoms with van der Waals surface area (Å²) >= 11 is 11.6. The summed E-state index contributed by atoms with van der Waals surface area (Å²) in [5.41, 5.74) is 0.314. The van der Waals surface area contributed by atoms with Gasteiger partial charge in [0.15, 0.2) is 5.76 Å². The van der Waals surface area contributed by atoms with Gasteiger partial charge in [-0.1, -0.05) is 23.2 Å². The largest absolute Gasteiger partial charge is 0.438 e. The summed E-state index contributed by atoms with van der Waals surface area (Å²) in [6, 6.07) is 6.79. The number of carbonyl (C=O) groups is 1. The van der Waals surface area contributed by atoms with Crippen molar-refractivity contribution >= 4 is 44.8 Å². The molecule has 1 aromatic heterocycles. The Labute approximate surface area is 124 Å². The molecule has 0 saturated carbocycles. The van der Waals surface area contributed by atoms with Crippen molar-refractivity contribution in [3.8, 4) is 0 Å². The summed E-state index contributed by atoms with van der Waals surface area (Å²) in [5.74, 6) is -0.871. The van der Waals surface area contributed by atoms with Crippen molar-refractivity contribution < 1.29 is 17.6 Å². The van der Waals surface area contributed by atoms with E-state index in [0.29, 0.717) is 10.7 Å². The SMILES string of the molecule is NS(=O)(=O)c1ccc(C(=O)Nc2ccc(Cl)cc2Cl)o1. The van der Waals surface area contributed by atoms with Crippen LogP contribution in [0.1, 0.15) is 10.6 Å². The number of carbonyl (C=O) groups excluding carboxylic acids is 1. The minimum absolute atomic E-state index is 0.208. The van der Waals surface area contributed by atoms with Gasteiger partial charge in [0.05, 0.1) is 10.7 Å². The average Bonchev–Trinajstić information content (AvgIpc) is 2.82. The maximum absolute atomic E-state index is 11.9. The molecule has 1 heterocycles. The van der Waals surface area contributed by atoms with Gasteiger partial charge in [0.25, 0.3) is 15.9 Å². The first-order valence-corrected chi connectivity index (χ1v) is 7.46. The summed E-state index contributed by atoms with van der Waals surface area (Å²) in [4.78, 5) is 11.9. The van der Waals surface area contributed by atoms with Crippen LogP contribution in [0.25, 0.3) is 0 Å². The third-order valence-electron chi connectivity index (χ3n) is 2.26. The topological polar surface area (TPSA) is 102 Å². The number of primary sulfonamides is 1. The van der Waals surface area contributed by atoms with Gasteiger partial charge < -0.3 is 9.73 Å². The molecule has 3 N–H and O–H groups in total. The van der Waals surface area contributed by atoms with Crippen molar-refractivity contribution in [1.82, 2.24) is 0 Å². The average molecular weight is 335 g/mol. The molecule has 0 radical (unpaired) electrons. The third-order valence-corrected chi connectivity index (χ3v) is 3.59. The second-order valence-electron chi connectivity index (χ2n) is 3.74. The number of nitrogens with one attached hydrogen (secondary N) is 1. The van der Waals surface area contributed by atoms with Crippen LogP contribution in [0.5, 0.6) is 0 Å². The Morgan fingerprint density at radius 2 is 1.90 bits per heavy atom. The van der Waals surface area contributed by atoms with Crippen LogP contribution in [0.4, 0.5) is 5.69 Å². The van der Waals surface area contributed by atoms with E-state index < -0.39 is 21.0 Å². The van der Waals surface area contributed by atoms with Crippen LogP contribution < -0.4 is 10.5 Å². The first-order chi connectivity index (χ1) is 9.27. The number of benzene rings is 1. The molecule has 0 bridgehead atoms. The van der Waals surface area contributed by atoms with Crippen LogP contribution in [0.3, 0.4) is 0 Å². The van der Waals surface area contributed by atoms with Crippen molar-refractivity contribution in [1.29, 1.82) is 0 Å². The lowest BCUT2D eigenvalue weighted by atomic mass is 10.3. The van der Waals surface area contributed by atoms with Gasteiger partial charge in [-0.25, -0.2) is 13.6 Å². The molecular formula is C11H8Cl2N2O4S. The van der Waals surface area contributed by atoms with Crippen LogP contribution in [0.15, 0.2) is 39.8 Å². The molecule has 0 aliphatic heterocycles. The van der Waals surface area contributed by atoms with Crippen molar-refractivity contribution in [3.63, 3.8) is 0 Å². The Kier molecular flexibility index (Phi) is 4.05. The van der Waals surface area contributed by atoms with Gasteiger partial charge in [0, 0.05) is 5.02 Å². The van der Waals surface area contributed by atoms with E-state index in [1.54, 1.807) is 6.07 Å². The lowest BCUT2D eigenvalue weighted by Gasteiger charge is -2.05. The quantitative estimate of drug-likeness (QED) is 0.899. The maximum atomic E-state index is 11.9. The zero-order chi connectivity index (χ0) is 14.9. The molecule has 6 nitrogen and oxygen atoms in total. The zero-order valence-electron chi connectivity index (χ0n) is 9.76. The smallest absolute Gasteiger partial charge is 0.291 e. The molecule has 0 aliphatic rings. The summed E-state index contributed by atoms with van der Waals surface area (Å²) < 4.78 is 26.9. The lowest BCUT2D eigenvalue weighted by Crippen LogP contribution is -2.13. The molecular weight excluding hydrogens is 327 g/mol. The van der Waals surface area contributed by atoms with Crippen LogP contribution in [0.2, 0.25) is 10.0 Å². The number of furan rings is 1. The number of halogens is 2. The van der Waals surface area contributed by atoms with Gasteiger partial charge >= 0.3 is 0 Å². The van der Waals surface area contributed by atoms with Crippen LogP contribution in [-0.2, 0) is 10.0 Å². The molecule has 0 unspecified atom stereocenters. The Morgan fingerprint density at radius 1 is 1.20 bits per heavy atom. The summed E-state index contributed by atoms with van der Waals surface area (Å²) in [6.45, 7) is 0. The van der Waals surface area contributed by atoms with E-state index in [2.05, 4.69) is 5.32 Å². The highest BCUT2D eigenvalue weighted by Crippen LogP contribution is 2.26. The number of amides is 1. The molecule has 0 spiro atoms. The predicted molar refractivity (Wildman–Crippen MR) is 74.5 cm³/mol. The standard InChI is InChI=1S/C11H8Cl2N2O4S/c12-6-1-2-8(7(13)5-6)15-11(16)9-3-4-10(19-9)20(14,17)18/h1-5H,(H,15,16)(H2,14,17,18). The van der Waals surface area contributed by atoms with E-state index in [0.717, 1.165) is 6.07 Å². The summed E-state index contributed by atoms with van der Waals surface area (Å²) in [6.07, 6.45) is 0. The number of anilines is 1. The maximum Gasteiger partial charge on any atom is 0.291 e. The number of nitrogens with two attached hydrogens (primary N) is 1. The first kappa shape index (κ1) is 14.9. The molecule has 1 aromatic carbocycles. The Balaban J connectivity index is 2.22. The van der Waals surface area contributed by atoms with E-state index >= 15 is 0 Å². The molecule has 20 heavy (non-hydrogen) atoms. The van der Waals surface area contributed by atoms with Gasteiger partial charge in [-0.3, -0.25) is 4.79 Å². The fourth-order valence-corrected chi connectivity index (χ4v) is 2.29. The fraction of sp³-hybridized carbons (Fsp3) is 0. The second-order valence-corrected chi connectivity index (χ2v) is 6.08. The Bertz CT molecular complexity index is 770. The molecule has 9 heteroatoms. The van der Waals surface area contributed by atoms with E-state index in [1.807, 2.05) is 0 Å². The van der Waals surface area contributed by atoms with E-state index in [1.165, 1.54) is 18.2 Å². The summed E-state index contributed by atoms with van der Waals surface area (Å²) in [7, 11) is -3.99. The highest BCUT2D eigenvalue weighted by Gasteiger charge is 2.18. The molecule has 0 fully saturated rings. The van der Waals surface area contributed by atoms with Crippen LogP contribution >= 0.6 is 23.2 Å². The second kappa shape index (κ2) is 5.45. The number of sulfonamides is 1. The molecule has 0 atom stereocenters. The molecule has 0 saturated heterocycles. The zero-order valence-corrected chi connectivity index (χ0v) is 12.1. The van der Waals surface area contributed by atoms with E-state index in [-0.39, 0.29) is 10.8 Å².